The van der Waals surface area contributed by atoms with Gasteiger partial charge >= 0.3 is 0 Å². The maximum atomic E-state index is 12.6. The number of anilines is 1. The Balaban J connectivity index is 2.30. The summed E-state index contributed by atoms with van der Waals surface area (Å²) in [6.45, 7) is 3.39. The molecular weight excluding hydrogens is 290 g/mol. The van der Waals surface area contributed by atoms with Crippen LogP contribution < -0.4 is 5.32 Å². The van der Waals surface area contributed by atoms with E-state index in [0.29, 0.717) is 24.0 Å². The topological polar surface area (TPSA) is 75.5 Å². The highest BCUT2D eigenvalue weighted by Crippen LogP contribution is 2.27. The number of nitro benzene ring substituents is 1. The number of thioether (sulfide) groups is 1. The van der Waals surface area contributed by atoms with Crippen LogP contribution in [0.5, 0.6) is 0 Å². The smallest absolute Gasteiger partial charge is 0.282 e. The number of hydrogen-bond acceptors (Lipinski definition) is 5. The summed E-state index contributed by atoms with van der Waals surface area (Å²) in [7, 11) is 1.72. The van der Waals surface area contributed by atoms with Crippen LogP contribution in [0, 0.1) is 10.1 Å². The summed E-state index contributed by atoms with van der Waals surface area (Å²) < 4.78 is 0. The van der Waals surface area contributed by atoms with E-state index in [-0.39, 0.29) is 17.2 Å². The number of hydrogen-bond donors (Lipinski definition) is 1. The molecule has 1 saturated heterocycles. The first kappa shape index (κ1) is 15.6. The van der Waals surface area contributed by atoms with E-state index < -0.39 is 4.92 Å². The molecule has 0 aromatic heterocycles. The van der Waals surface area contributed by atoms with E-state index in [4.69, 9.17) is 0 Å². The van der Waals surface area contributed by atoms with Gasteiger partial charge in [0.2, 0.25) is 0 Å². The minimum atomic E-state index is -0.497. The summed E-state index contributed by atoms with van der Waals surface area (Å²) in [6, 6.07) is 4.55. The maximum absolute atomic E-state index is 12.6. The second kappa shape index (κ2) is 6.80. The fraction of sp³-hybridized carbons (Fsp3) is 0.500. The van der Waals surface area contributed by atoms with Crippen molar-refractivity contribution in [2.75, 3.05) is 31.2 Å². The number of carbonyl (C=O) groups excluding carboxylic acids is 1. The molecule has 1 amide bonds. The van der Waals surface area contributed by atoms with Crippen LogP contribution in [-0.4, -0.2) is 46.9 Å². The van der Waals surface area contributed by atoms with E-state index in [0.717, 1.165) is 12.2 Å². The molecule has 0 aliphatic carbocycles. The Morgan fingerprint density at radius 2 is 2.33 bits per heavy atom. The van der Waals surface area contributed by atoms with Crippen molar-refractivity contribution in [1.29, 1.82) is 0 Å². The third kappa shape index (κ3) is 3.47. The first-order valence-electron chi connectivity index (χ1n) is 6.93. The van der Waals surface area contributed by atoms with Gasteiger partial charge in [-0.15, -0.1) is 0 Å². The minimum Gasteiger partial charge on any atom is -0.388 e. The van der Waals surface area contributed by atoms with Crippen LogP contribution in [-0.2, 0) is 0 Å². The lowest BCUT2D eigenvalue weighted by atomic mass is 10.1. The van der Waals surface area contributed by atoms with Crippen molar-refractivity contribution in [2.24, 2.45) is 0 Å². The van der Waals surface area contributed by atoms with Crippen LogP contribution in [0.4, 0.5) is 11.4 Å². The summed E-state index contributed by atoms with van der Waals surface area (Å²) in [5.41, 5.74) is 0.723. The number of nitrogens with zero attached hydrogens (tertiary/aromatic N) is 2. The van der Waals surface area contributed by atoms with Crippen LogP contribution >= 0.6 is 11.8 Å². The Kier molecular flexibility index (Phi) is 5.06. The predicted octanol–water partition coefficient (Wildman–Crippen LogP) is 2.60. The molecule has 0 bridgehead atoms. The van der Waals surface area contributed by atoms with Crippen LogP contribution in [0.3, 0.4) is 0 Å². The van der Waals surface area contributed by atoms with Gasteiger partial charge in [0.05, 0.1) is 4.92 Å². The summed E-state index contributed by atoms with van der Waals surface area (Å²) in [5.74, 6) is 0.626. The predicted molar refractivity (Wildman–Crippen MR) is 85.1 cm³/mol. The number of benzene rings is 1. The summed E-state index contributed by atoms with van der Waals surface area (Å²) >= 11 is 1.86. The van der Waals surface area contributed by atoms with Gasteiger partial charge in [-0.2, -0.15) is 11.8 Å². The summed E-state index contributed by atoms with van der Waals surface area (Å²) in [5, 5.41) is 14.5. The Bertz CT molecular complexity index is 550. The van der Waals surface area contributed by atoms with Gasteiger partial charge in [-0.3, -0.25) is 14.9 Å². The van der Waals surface area contributed by atoms with Crippen molar-refractivity contribution in [3.8, 4) is 0 Å². The van der Waals surface area contributed by atoms with Gasteiger partial charge in [0.25, 0.3) is 11.6 Å². The van der Waals surface area contributed by atoms with Gasteiger partial charge in [0.1, 0.15) is 5.56 Å². The molecule has 114 valence electrons. The standard InChI is InChI=1S/C14H19N3O3S/c1-3-11-9-16(6-7-21-11)14(18)12-8-10(15-2)4-5-13(12)17(19)20/h4-5,8,11,15H,3,6-7,9H2,1-2H3. The number of amides is 1. The highest BCUT2D eigenvalue weighted by Gasteiger charge is 2.28. The zero-order valence-corrected chi connectivity index (χ0v) is 13.0. The number of nitrogens with one attached hydrogen (secondary N) is 1. The van der Waals surface area contributed by atoms with Gasteiger partial charge in [0.15, 0.2) is 0 Å². The lowest BCUT2D eigenvalue weighted by molar-refractivity contribution is -0.385. The highest BCUT2D eigenvalue weighted by molar-refractivity contribution is 8.00. The number of carbonyl (C=O) groups is 1. The molecule has 6 nitrogen and oxygen atoms in total. The number of nitro groups is 1. The molecular formula is C14H19N3O3S. The molecule has 0 spiro atoms. The Hall–Kier alpha value is -1.76. The van der Waals surface area contributed by atoms with E-state index >= 15 is 0 Å². The third-order valence-electron chi connectivity index (χ3n) is 3.59. The minimum absolute atomic E-state index is 0.134. The van der Waals surface area contributed by atoms with E-state index in [1.165, 1.54) is 6.07 Å². The highest BCUT2D eigenvalue weighted by atomic mass is 32.2. The molecule has 0 radical (unpaired) electrons. The van der Waals surface area contributed by atoms with Crippen molar-refractivity contribution in [3.63, 3.8) is 0 Å². The fourth-order valence-electron chi connectivity index (χ4n) is 2.34. The summed E-state index contributed by atoms with van der Waals surface area (Å²) in [4.78, 5) is 25.0. The van der Waals surface area contributed by atoms with Crippen molar-refractivity contribution < 1.29 is 9.72 Å². The molecule has 1 fully saturated rings. The first-order valence-corrected chi connectivity index (χ1v) is 7.98. The van der Waals surface area contributed by atoms with Gasteiger partial charge in [-0.25, -0.2) is 0 Å². The molecule has 1 aromatic rings. The molecule has 1 heterocycles. The SMILES string of the molecule is CCC1CN(C(=O)c2cc(NC)ccc2[N+](=O)[O-])CCS1. The Labute approximate surface area is 128 Å². The van der Waals surface area contributed by atoms with Gasteiger partial charge in [-0.05, 0) is 18.6 Å². The van der Waals surface area contributed by atoms with Crippen molar-refractivity contribution in [3.05, 3.63) is 33.9 Å². The average Bonchev–Trinajstić information content (AvgIpc) is 2.53. The second-order valence-electron chi connectivity index (χ2n) is 4.89. The average molecular weight is 309 g/mol. The van der Waals surface area contributed by atoms with E-state index in [9.17, 15) is 14.9 Å². The number of rotatable bonds is 4. The Morgan fingerprint density at radius 1 is 1.57 bits per heavy atom. The zero-order chi connectivity index (χ0) is 15.4. The molecule has 1 aromatic carbocycles. The van der Waals surface area contributed by atoms with Crippen LogP contribution in [0.2, 0.25) is 0 Å². The first-order chi connectivity index (χ1) is 10.1. The van der Waals surface area contributed by atoms with Crippen LogP contribution in [0.15, 0.2) is 18.2 Å². The van der Waals surface area contributed by atoms with E-state index in [2.05, 4.69) is 12.2 Å². The fourth-order valence-corrected chi connectivity index (χ4v) is 3.52. The molecule has 1 aliphatic heterocycles. The molecule has 2 rings (SSSR count). The summed E-state index contributed by atoms with van der Waals surface area (Å²) in [6.07, 6.45) is 0.993. The molecule has 1 atom stereocenters. The Morgan fingerprint density at radius 3 is 2.95 bits per heavy atom. The molecule has 21 heavy (non-hydrogen) atoms. The quantitative estimate of drug-likeness (QED) is 0.683. The van der Waals surface area contributed by atoms with Gasteiger partial charge < -0.3 is 10.2 Å². The lowest BCUT2D eigenvalue weighted by Crippen LogP contribution is -2.42. The monoisotopic (exact) mass is 309 g/mol. The van der Waals surface area contributed by atoms with Gasteiger partial charge in [-0.1, -0.05) is 6.92 Å². The molecule has 1 unspecified atom stereocenters. The van der Waals surface area contributed by atoms with Crippen molar-refractivity contribution in [1.82, 2.24) is 4.90 Å². The van der Waals surface area contributed by atoms with Crippen LogP contribution in [0.1, 0.15) is 23.7 Å². The molecule has 7 heteroatoms. The van der Waals surface area contributed by atoms with Crippen molar-refractivity contribution >= 4 is 29.0 Å². The second-order valence-corrected chi connectivity index (χ2v) is 6.30. The normalized spacial score (nSPS) is 18.4. The van der Waals surface area contributed by atoms with E-state index in [1.807, 2.05) is 11.8 Å². The van der Waals surface area contributed by atoms with Crippen LogP contribution in [0.25, 0.3) is 0 Å². The molecule has 0 saturated carbocycles. The van der Waals surface area contributed by atoms with E-state index in [1.54, 1.807) is 24.1 Å². The molecule has 1 aliphatic rings. The molecule has 1 N–H and O–H groups in total. The zero-order valence-electron chi connectivity index (χ0n) is 12.2. The van der Waals surface area contributed by atoms with Gasteiger partial charge in [0, 0.05) is 42.9 Å². The third-order valence-corrected chi connectivity index (χ3v) is 4.97. The largest absolute Gasteiger partial charge is 0.388 e. The maximum Gasteiger partial charge on any atom is 0.282 e. The van der Waals surface area contributed by atoms with Crippen molar-refractivity contribution in [2.45, 2.75) is 18.6 Å². The lowest BCUT2D eigenvalue weighted by Gasteiger charge is -2.31.